The largest absolute Gasteiger partial charge is 0.489 e. The maximum atomic E-state index is 13.9. The highest BCUT2D eigenvalue weighted by Crippen LogP contribution is 2.24. The van der Waals surface area contributed by atoms with Crippen LogP contribution < -0.4 is 15.4 Å². The van der Waals surface area contributed by atoms with Crippen LogP contribution in [0.2, 0.25) is 0 Å². The number of nitrogens with one attached hydrogen (secondary N) is 2. The van der Waals surface area contributed by atoms with Crippen LogP contribution in [0.5, 0.6) is 5.75 Å². The second kappa shape index (κ2) is 9.55. The van der Waals surface area contributed by atoms with Crippen LogP contribution in [-0.4, -0.2) is 19.0 Å². The maximum absolute atomic E-state index is 13.9. The molecule has 3 aromatic carbocycles. The normalized spacial score (nSPS) is 14.3. The van der Waals surface area contributed by atoms with Gasteiger partial charge in [0.05, 0.1) is 0 Å². The smallest absolute Gasteiger partial charge is 0.227 e. The van der Waals surface area contributed by atoms with Gasteiger partial charge in [-0.2, -0.15) is 0 Å². The van der Waals surface area contributed by atoms with Gasteiger partial charge >= 0.3 is 0 Å². The van der Waals surface area contributed by atoms with Gasteiger partial charge in [0, 0.05) is 23.2 Å². The number of ether oxygens (including phenoxy) is 1. The summed E-state index contributed by atoms with van der Waals surface area (Å²) < 4.78 is 19.8. The van der Waals surface area contributed by atoms with Crippen LogP contribution in [0, 0.1) is 11.7 Å². The van der Waals surface area contributed by atoms with Crippen molar-refractivity contribution in [3.05, 3.63) is 84.2 Å². The van der Waals surface area contributed by atoms with E-state index in [1.54, 1.807) is 12.1 Å². The van der Waals surface area contributed by atoms with Gasteiger partial charge in [-0.3, -0.25) is 4.79 Å². The monoisotopic (exact) mass is 404 g/mol. The molecule has 0 unspecified atom stereocenters. The molecule has 0 saturated carbocycles. The van der Waals surface area contributed by atoms with Gasteiger partial charge in [-0.25, -0.2) is 4.39 Å². The summed E-state index contributed by atoms with van der Waals surface area (Å²) in [5.74, 6) is 0.585. The number of hydrogen-bond acceptors (Lipinski definition) is 3. The van der Waals surface area contributed by atoms with E-state index in [1.165, 1.54) is 6.07 Å². The van der Waals surface area contributed by atoms with Crippen molar-refractivity contribution >= 4 is 11.6 Å². The Hall–Kier alpha value is -3.18. The van der Waals surface area contributed by atoms with Gasteiger partial charge in [-0.1, -0.05) is 48.5 Å². The van der Waals surface area contributed by atoms with Gasteiger partial charge in [0.25, 0.3) is 0 Å². The average molecular weight is 404 g/mol. The number of rotatable bonds is 6. The minimum atomic E-state index is -0.232. The zero-order valence-corrected chi connectivity index (χ0v) is 16.7. The third-order valence-electron chi connectivity index (χ3n) is 5.36. The lowest BCUT2D eigenvalue weighted by Gasteiger charge is -2.21. The van der Waals surface area contributed by atoms with E-state index in [1.807, 2.05) is 54.6 Å². The lowest BCUT2D eigenvalue weighted by molar-refractivity contribution is -0.120. The van der Waals surface area contributed by atoms with Gasteiger partial charge in [-0.15, -0.1) is 0 Å². The first-order valence-electron chi connectivity index (χ1n) is 10.3. The van der Waals surface area contributed by atoms with E-state index >= 15 is 0 Å². The van der Waals surface area contributed by atoms with Crippen molar-refractivity contribution in [2.45, 2.75) is 19.4 Å². The molecule has 2 N–H and O–H groups in total. The lowest BCUT2D eigenvalue weighted by atomic mass is 9.97. The third kappa shape index (κ3) is 5.05. The molecule has 1 fully saturated rings. The molecule has 0 aliphatic carbocycles. The highest BCUT2D eigenvalue weighted by molar-refractivity contribution is 5.92. The number of carbonyl (C=O) groups is 1. The molecular formula is C25H25FN2O2. The Morgan fingerprint density at radius 2 is 1.77 bits per heavy atom. The third-order valence-corrected chi connectivity index (χ3v) is 5.36. The molecule has 1 amide bonds. The summed E-state index contributed by atoms with van der Waals surface area (Å²) in [4.78, 5) is 12.4. The van der Waals surface area contributed by atoms with Crippen LogP contribution in [0.1, 0.15) is 18.4 Å². The van der Waals surface area contributed by atoms with Crippen LogP contribution in [0.3, 0.4) is 0 Å². The van der Waals surface area contributed by atoms with E-state index in [-0.39, 0.29) is 17.6 Å². The van der Waals surface area contributed by atoms with Crippen molar-refractivity contribution in [2.24, 2.45) is 5.92 Å². The molecule has 154 valence electrons. The first kappa shape index (κ1) is 20.1. The maximum Gasteiger partial charge on any atom is 0.227 e. The summed E-state index contributed by atoms with van der Waals surface area (Å²) in [6.07, 6.45) is 1.73. The second-order valence-electron chi connectivity index (χ2n) is 7.51. The van der Waals surface area contributed by atoms with Gasteiger partial charge in [-0.05, 0) is 55.3 Å². The Morgan fingerprint density at radius 1 is 1.00 bits per heavy atom. The summed E-state index contributed by atoms with van der Waals surface area (Å²) in [7, 11) is 0. The molecule has 5 heteroatoms. The fraction of sp³-hybridized carbons (Fsp3) is 0.240. The Kier molecular flexibility index (Phi) is 6.40. The first-order chi connectivity index (χ1) is 14.7. The molecule has 1 saturated heterocycles. The van der Waals surface area contributed by atoms with Gasteiger partial charge in [0.2, 0.25) is 5.91 Å². The molecule has 0 radical (unpaired) electrons. The van der Waals surface area contributed by atoms with Crippen molar-refractivity contribution in [2.75, 3.05) is 18.4 Å². The SMILES string of the molecule is O=C(Nc1cccc(OCc2ccc(-c3ccccc3F)cc2)c1)C1CCNCC1. The summed E-state index contributed by atoms with van der Waals surface area (Å²) >= 11 is 0. The van der Waals surface area contributed by atoms with E-state index < -0.39 is 0 Å². The number of benzene rings is 3. The van der Waals surface area contributed by atoms with Crippen molar-refractivity contribution < 1.29 is 13.9 Å². The standard InChI is InChI=1S/C25H25FN2O2/c26-24-7-2-1-6-23(24)19-10-8-18(9-11-19)17-30-22-5-3-4-21(16-22)28-25(29)20-12-14-27-15-13-20/h1-11,16,20,27H,12-15,17H2,(H,28,29). The van der Waals surface area contributed by atoms with E-state index in [0.29, 0.717) is 17.9 Å². The Balaban J connectivity index is 1.35. The number of piperidine rings is 1. The summed E-state index contributed by atoms with van der Waals surface area (Å²) in [5.41, 5.74) is 3.15. The lowest BCUT2D eigenvalue weighted by Crippen LogP contribution is -2.34. The fourth-order valence-corrected chi connectivity index (χ4v) is 3.63. The molecule has 3 aromatic rings. The first-order valence-corrected chi connectivity index (χ1v) is 10.3. The fourth-order valence-electron chi connectivity index (χ4n) is 3.63. The van der Waals surface area contributed by atoms with Gasteiger partial charge < -0.3 is 15.4 Å². The zero-order chi connectivity index (χ0) is 20.8. The average Bonchev–Trinajstić information content (AvgIpc) is 2.79. The topological polar surface area (TPSA) is 50.4 Å². The summed E-state index contributed by atoms with van der Waals surface area (Å²) in [6.45, 7) is 2.16. The van der Waals surface area contributed by atoms with Crippen LogP contribution in [0.4, 0.5) is 10.1 Å². The van der Waals surface area contributed by atoms with E-state index in [0.717, 1.165) is 42.7 Å². The summed E-state index contributed by atoms with van der Waals surface area (Å²) in [5, 5.41) is 6.27. The summed E-state index contributed by atoms with van der Waals surface area (Å²) in [6, 6.07) is 21.9. The minimum absolute atomic E-state index is 0.0591. The molecule has 1 heterocycles. The number of anilines is 1. The van der Waals surface area contributed by atoms with Crippen molar-refractivity contribution in [3.63, 3.8) is 0 Å². The molecule has 4 nitrogen and oxygen atoms in total. The molecule has 0 spiro atoms. The Morgan fingerprint density at radius 3 is 2.53 bits per heavy atom. The molecule has 1 aliphatic rings. The number of hydrogen-bond donors (Lipinski definition) is 2. The van der Waals surface area contributed by atoms with Crippen molar-refractivity contribution in [1.82, 2.24) is 5.32 Å². The van der Waals surface area contributed by atoms with Gasteiger partial charge in [0.1, 0.15) is 18.2 Å². The van der Waals surface area contributed by atoms with Crippen molar-refractivity contribution in [1.29, 1.82) is 0 Å². The van der Waals surface area contributed by atoms with E-state index in [9.17, 15) is 9.18 Å². The second-order valence-corrected chi connectivity index (χ2v) is 7.51. The van der Waals surface area contributed by atoms with E-state index in [2.05, 4.69) is 10.6 Å². The quantitative estimate of drug-likeness (QED) is 0.607. The molecule has 4 rings (SSSR count). The van der Waals surface area contributed by atoms with Crippen LogP contribution in [0.15, 0.2) is 72.8 Å². The number of halogens is 1. The molecule has 0 bridgehead atoms. The zero-order valence-electron chi connectivity index (χ0n) is 16.7. The highest BCUT2D eigenvalue weighted by Gasteiger charge is 2.20. The van der Waals surface area contributed by atoms with Crippen LogP contribution >= 0.6 is 0 Å². The van der Waals surface area contributed by atoms with Crippen molar-refractivity contribution in [3.8, 4) is 16.9 Å². The molecular weight excluding hydrogens is 379 g/mol. The molecule has 0 aromatic heterocycles. The Bertz CT molecular complexity index is 998. The Labute approximate surface area is 176 Å². The minimum Gasteiger partial charge on any atom is -0.489 e. The van der Waals surface area contributed by atoms with E-state index in [4.69, 9.17) is 4.74 Å². The predicted octanol–water partition coefficient (Wildman–Crippen LogP) is 5.01. The molecule has 0 atom stereocenters. The number of carbonyl (C=O) groups excluding carboxylic acids is 1. The molecule has 1 aliphatic heterocycles. The predicted molar refractivity (Wildman–Crippen MR) is 117 cm³/mol. The van der Waals surface area contributed by atoms with Crippen LogP contribution in [-0.2, 0) is 11.4 Å². The number of amides is 1. The van der Waals surface area contributed by atoms with Crippen LogP contribution in [0.25, 0.3) is 11.1 Å². The van der Waals surface area contributed by atoms with Gasteiger partial charge in [0.15, 0.2) is 0 Å². The highest BCUT2D eigenvalue weighted by atomic mass is 19.1. The molecule has 30 heavy (non-hydrogen) atoms.